The summed E-state index contributed by atoms with van der Waals surface area (Å²) in [5.74, 6) is -0.325. The second kappa shape index (κ2) is 5.73. The molecule has 96 valence electrons. The number of nitrogens with one attached hydrogen (secondary N) is 1. The van der Waals surface area contributed by atoms with Crippen LogP contribution in [-0.4, -0.2) is 21.3 Å². The van der Waals surface area contributed by atoms with Crippen molar-refractivity contribution >= 4 is 0 Å². The highest BCUT2D eigenvalue weighted by Gasteiger charge is 2.17. The summed E-state index contributed by atoms with van der Waals surface area (Å²) in [6, 6.07) is 4.97. The average molecular weight is 248 g/mol. The van der Waals surface area contributed by atoms with Crippen molar-refractivity contribution in [3.05, 3.63) is 47.8 Å². The number of aromatic nitrogens is 3. The predicted octanol–water partition coefficient (Wildman–Crippen LogP) is 2.04. The summed E-state index contributed by atoms with van der Waals surface area (Å²) in [6.07, 6.45) is 4.14. The Hall–Kier alpha value is -1.75. The molecule has 0 aliphatic carbocycles. The van der Waals surface area contributed by atoms with Crippen LogP contribution < -0.4 is 5.32 Å². The van der Waals surface area contributed by atoms with Crippen LogP contribution in [0.5, 0.6) is 0 Å². The molecular formula is C13H17FN4. The molecule has 0 fully saturated rings. The van der Waals surface area contributed by atoms with E-state index in [1.165, 1.54) is 12.3 Å². The number of rotatable bonds is 5. The number of pyridine rings is 1. The first-order chi connectivity index (χ1) is 8.70. The van der Waals surface area contributed by atoms with E-state index in [9.17, 15) is 4.39 Å². The summed E-state index contributed by atoms with van der Waals surface area (Å²) in [5.41, 5.74) is 1.67. The lowest BCUT2D eigenvalue weighted by Gasteiger charge is -2.15. The third kappa shape index (κ3) is 2.92. The van der Waals surface area contributed by atoms with Gasteiger partial charge in [0.1, 0.15) is 5.82 Å². The monoisotopic (exact) mass is 248 g/mol. The quantitative estimate of drug-likeness (QED) is 0.880. The minimum Gasteiger partial charge on any atom is -0.304 e. The lowest BCUT2D eigenvalue weighted by molar-refractivity contribution is 0.558. The van der Waals surface area contributed by atoms with Crippen LogP contribution in [0.1, 0.15) is 30.8 Å². The van der Waals surface area contributed by atoms with E-state index in [-0.39, 0.29) is 11.9 Å². The van der Waals surface area contributed by atoms with E-state index in [2.05, 4.69) is 22.3 Å². The molecule has 2 aromatic heterocycles. The number of nitrogens with zero attached hydrogens (tertiary/aromatic N) is 3. The lowest BCUT2D eigenvalue weighted by Crippen LogP contribution is -2.24. The zero-order valence-corrected chi connectivity index (χ0v) is 10.6. The van der Waals surface area contributed by atoms with Crippen LogP contribution in [0.25, 0.3) is 0 Å². The van der Waals surface area contributed by atoms with Crippen LogP contribution in [0.4, 0.5) is 4.39 Å². The molecule has 0 amide bonds. The highest BCUT2D eigenvalue weighted by molar-refractivity contribution is 5.21. The fraction of sp³-hybridized carbons (Fsp3) is 0.385. The highest BCUT2D eigenvalue weighted by atomic mass is 19.1. The fourth-order valence-corrected chi connectivity index (χ4v) is 1.79. The van der Waals surface area contributed by atoms with Crippen molar-refractivity contribution in [2.75, 3.05) is 6.54 Å². The Balaban J connectivity index is 2.27. The molecule has 0 saturated heterocycles. The van der Waals surface area contributed by atoms with Crippen LogP contribution in [0, 0.1) is 5.82 Å². The molecule has 2 rings (SSSR count). The van der Waals surface area contributed by atoms with Gasteiger partial charge in [0.2, 0.25) is 0 Å². The van der Waals surface area contributed by atoms with Gasteiger partial charge >= 0.3 is 0 Å². The molecule has 4 nitrogen and oxygen atoms in total. The first-order valence-electron chi connectivity index (χ1n) is 6.05. The Kier molecular flexibility index (Phi) is 4.04. The van der Waals surface area contributed by atoms with Crippen molar-refractivity contribution in [1.29, 1.82) is 0 Å². The van der Waals surface area contributed by atoms with Crippen LogP contribution in [0.2, 0.25) is 0 Å². The van der Waals surface area contributed by atoms with E-state index in [1.807, 2.05) is 19.3 Å². The van der Waals surface area contributed by atoms with Crippen LogP contribution in [0.15, 0.2) is 30.6 Å². The molecule has 0 bridgehead atoms. The van der Waals surface area contributed by atoms with Crippen molar-refractivity contribution in [3.8, 4) is 0 Å². The summed E-state index contributed by atoms with van der Waals surface area (Å²) in [7, 11) is 1.87. The third-order valence-corrected chi connectivity index (χ3v) is 2.67. The molecule has 0 aliphatic heterocycles. The van der Waals surface area contributed by atoms with Gasteiger partial charge in [-0.3, -0.25) is 9.67 Å². The maximum atomic E-state index is 12.9. The molecule has 0 saturated carbocycles. The zero-order valence-electron chi connectivity index (χ0n) is 10.6. The summed E-state index contributed by atoms with van der Waals surface area (Å²) in [4.78, 5) is 4.13. The molecule has 0 aromatic carbocycles. The summed E-state index contributed by atoms with van der Waals surface area (Å²) < 4.78 is 14.7. The van der Waals surface area contributed by atoms with Gasteiger partial charge in [0.05, 0.1) is 23.6 Å². The van der Waals surface area contributed by atoms with E-state index in [0.717, 1.165) is 24.4 Å². The van der Waals surface area contributed by atoms with Crippen molar-refractivity contribution in [2.45, 2.75) is 19.4 Å². The molecule has 2 heterocycles. The Morgan fingerprint density at radius 1 is 1.33 bits per heavy atom. The normalized spacial score (nSPS) is 12.6. The minimum absolute atomic E-state index is 0.0910. The van der Waals surface area contributed by atoms with Gasteiger partial charge in [-0.05, 0) is 31.2 Å². The smallest absolute Gasteiger partial charge is 0.141 e. The van der Waals surface area contributed by atoms with Gasteiger partial charge in [-0.15, -0.1) is 0 Å². The Labute approximate surface area is 106 Å². The topological polar surface area (TPSA) is 42.7 Å². The summed E-state index contributed by atoms with van der Waals surface area (Å²) in [6.45, 7) is 2.96. The molecule has 1 N–H and O–H groups in total. The standard InChI is InChI=1S/C13H17FN4/c1-3-7-15-13(12-6-8-18(2)17-12)11-5-4-10(14)9-16-11/h4-6,8-9,13,15H,3,7H2,1-2H3. The van der Waals surface area contributed by atoms with Gasteiger partial charge in [0.15, 0.2) is 0 Å². The maximum Gasteiger partial charge on any atom is 0.141 e. The lowest BCUT2D eigenvalue weighted by atomic mass is 10.1. The number of halogens is 1. The van der Waals surface area contributed by atoms with Crippen LogP contribution >= 0.6 is 0 Å². The Morgan fingerprint density at radius 2 is 2.17 bits per heavy atom. The van der Waals surface area contributed by atoms with E-state index in [1.54, 1.807) is 10.7 Å². The van der Waals surface area contributed by atoms with E-state index in [0.29, 0.717) is 0 Å². The molecule has 1 atom stereocenters. The third-order valence-electron chi connectivity index (χ3n) is 2.67. The van der Waals surface area contributed by atoms with Crippen LogP contribution in [-0.2, 0) is 7.05 Å². The molecule has 18 heavy (non-hydrogen) atoms. The molecule has 0 spiro atoms. The molecule has 1 unspecified atom stereocenters. The summed E-state index contributed by atoms with van der Waals surface area (Å²) in [5, 5.41) is 7.76. The minimum atomic E-state index is -0.325. The highest BCUT2D eigenvalue weighted by Crippen LogP contribution is 2.18. The van der Waals surface area contributed by atoms with Crippen molar-refractivity contribution < 1.29 is 4.39 Å². The number of aryl methyl sites for hydroxylation is 1. The fourth-order valence-electron chi connectivity index (χ4n) is 1.79. The van der Waals surface area contributed by atoms with Crippen molar-refractivity contribution in [1.82, 2.24) is 20.1 Å². The SMILES string of the molecule is CCCNC(c1ccc(F)cn1)c1ccn(C)n1. The van der Waals surface area contributed by atoms with E-state index >= 15 is 0 Å². The summed E-state index contributed by atoms with van der Waals surface area (Å²) >= 11 is 0. The largest absolute Gasteiger partial charge is 0.304 e. The molecular weight excluding hydrogens is 231 g/mol. The van der Waals surface area contributed by atoms with Crippen LogP contribution in [0.3, 0.4) is 0 Å². The maximum absolute atomic E-state index is 12.9. The van der Waals surface area contributed by atoms with Gasteiger partial charge in [-0.1, -0.05) is 6.92 Å². The average Bonchev–Trinajstić information content (AvgIpc) is 2.78. The number of hydrogen-bond donors (Lipinski definition) is 1. The Bertz CT molecular complexity index is 492. The van der Waals surface area contributed by atoms with Gasteiger partial charge in [-0.25, -0.2) is 4.39 Å². The Morgan fingerprint density at radius 3 is 2.72 bits per heavy atom. The van der Waals surface area contributed by atoms with Gasteiger partial charge in [0.25, 0.3) is 0 Å². The van der Waals surface area contributed by atoms with E-state index < -0.39 is 0 Å². The van der Waals surface area contributed by atoms with Gasteiger partial charge in [0, 0.05) is 13.2 Å². The van der Waals surface area contributed by atoms with Gasteiger partial charge < -0.3 is 5.32 Å². The number of hydrogen-bond acceptors (Lipinski definition) is 3. The second-order valence-corrected chi connectivity index (χ2v) is 4.20. The van der Waals surface area contributed by atoms with Gasteiger partial charge in [-0.2, -0.15) is 5.10 Å². The second-order valence-electron chi connectivity index (χ2n) is 4.20. The molecule has 5 heteroatoms. The molecule has 0 radical (unpaired) electrons. The molecule has 0 aliphatic rings. The van der Waals surface area contributed by atoms with Crippen molar-refractivity contribution in [2.24, 2.45) is 7.05 Å². The van der Waals surface area contributed by atoms with Crippen molar-refractivity contribution in [3.63, 3.8) is 0 Å². The zero-order chi connectivity index (χ0) is 13.0. The first kappa shape index (κ1) is 12.7. The predicted molar refractivity (Wildman–Crippen MR) is 67.5 cm³/mol. The first-order valence-corrected chi connectivity index (χ1v) is 6.05. The van der Waals surface area contributed by atoms with E-state index in [4.69, 9.17) is 0 Å². The molecule has 2 aromatic rings.